The van der Waals surface area contributed by atoms with Gasteiger partial charge in [0.1, 0.15) is 11.9 Å². The van der Waals surface area contributed by atoms with Crippen LogP contribution in [0.1, 0.15) is 41.1 Å². The van der Waals surface area contributed by atoms with Crippen molar-refractivity contribution in [3.63, 3.8) is 0 Å². The number of pyridine rings is 1. The lowest BCUT2D eigenvalue weighted by atomic mass is 10.0. The van der Waals surface area contributed by atoms with Crippen molar-refractivity contribution in [2.24, 2.45) is 0 Å². The second-order valence-corrected chi connectivity index (χ2v) is 7.37. The van der Waals surface area contributed by atoms with Gasteiger partial charge in [-0.15, -0.1) is 0 Å². The average molecular weight is 390 g/mol. The number of rotatable bonds is 5. The molecule has 0 bridgehead atoms. The number of hydrogen-bond donors (Lipinski definition) is 0. The fraction of sp³-hybridized carbons (Fsp3) is 0.333. The molecule has 1 aromatic heterocycles. The molecule has 1 amide bonds. The SMILES string of the molecule is CCCc1cc(C(=O)N2CCO[C@@H](c3ccc4cc(OC)ccc4c3)C2)ccn1. The van der Waals surface area contributed by atoms with E-state index in [-0.39, 0.29) is 12.0 Å². The van der Waals surface area contributed by atoms with Gasteiger partial charge >= 0.3 is 0 Å². The van der Waals surface area contributed by atoms with E-state index >= 15 is 0 Å². The van der Waals surface area contributed by atoms with Crippen LogP contribution in [0.5, 0.6) is 5.75 Å². The molecule has 0 saturated carbocycles. The standard InChI is InChI=1S/C24H26N2O3/c1-3-4-21-14-20(9-10-25-21)24(27)26-11-12-29-23(16-26)19-6-5-18-15-22(28-2)8-7-17(18)13-19/h5-10,13-15,23H,3-4,11-12,16H2,1-2H3/t23-/m1/s1. The minimum atomic E-state index is -0.129. The Labute approximate surface area is 171 Å². The number of aryl methyl sites for hydroxylation is 1. The molecule has 4 rings (SSSR count). The van der Waals surface area contributed by atoms with Crippen molar-refractivity contribution < 1.29 is 14.3 Å². The third-order valence-corrected chi connectivity index (χ3v) is 5.37. The zero-order chi connectivity index (χ0) is 20.2. The van der Waals surface area contributed by atoms with Crippen LogP contribution in [0.15, 0.2) is 54.7 Å². The number of fused-ring (bicyclic) bond motifs is 1. The molecule has 1 aliphatic rings. The molecule has 150 valence electrons. The summed E-state index contributed by atoms with van der Waals surface area (Å²) in [5.41, 5.74) is 2.75. The van der Waals surface area contributed by atoms with Crippen LogP contribution in [-0.4, -0.2) is 42.6 Å². The van der Waals surface area contributed by atoms with Crippen molar-refractivity contribution in [3.05, 3.63) is 71.5 Å². The van der Waals surface area contributed by atoms with Crippen LogP contribution in [0.3, 0.4) is 0 Å². The van der Waals surface area contributed by atoms with Gasteiger partial charge in [-0.05, 0) is 53.1 Å². The molecular weight excluding hydrogens is 364 g/mol. The van der Waals surface area contributed by atoms with E-state index in [0.717, 1.165) is 40.6 Å². The van der Waals surface area contributed by atoms with Crippen molar-refractivity contribution in [1.82, 2.24) is 9.88 Å². The molecule has 2 heterocycles. The molecular formula is C24H26N2O3. The molecule has 0 N–H and O–H groups in total. The summed E-state index contributed by atoms with van der Waals surface area (Å²) >= 11 is 0. The van der Waals surface area contributed by atoms with E-state index in [9.17, 15) is 4.79 Å². The lowest BCUT2D eigenvalue weighted by molar-refractivity contribution is -0.0227. The number of ether oxygens (including phenoxy) is 2. The fourth-order valence-electron chi connectivity index (χ4n) is 3.79. The number of nitrogens with zero attached hydrogens (tertiary/aromatic N) is 2. The molecule has 29 heavy (non-hydrogen) atoms. The van der Waals surface area contributed by atoms with Crippen molar-refractivity contribution in [1.29, 1.82) is 0 Å². The normalized spacial score (nSPS) is 16.8. The van der Waals surface area contributed by atoms with Gasteiger partial charge in [0.25, 0.3) is 5.91 Å². The Balaban J connectivity index is 1.52. The zero-order valence-electron chi connectivity index (χ0n) is 16.9. The molecule has 5 nitrogen and oxygen atoms in total. The van der Waals surface area contributed by atoms with Gasteiger partial charge in [-0.1, -0.05) is 31.5 Å². The maximum absolute atomic E-state index is 13.0. The Morgan fingerprint density at radius 3 is 2.83 bits per heavy atom. The highest BCUT2D eigenvalue weighted by atomic mass is 16.5. The highest BCUT2D eigenvalue weighted by molar-refractivity contribution is 5.94. The number of aromatic nitrogens is 1. The van der Waals surface area contributed by atoms with E-state index in [0.29, 0.717) is 25.3 Å². The van der Waals surface area contributed by atoms with E-state index in [4.69, 9.17) is 9.47 Å². The molecule has 1 atom stereocenters. The number of carbonyl (C=O) groups excluding carboxylic acids is 1. The van der Waals surface area contributed by atoms with E-state index in [1.54, 1.807) is 19.4 Å². The summed E-state index contributed by atoms with van der Waals surface area (Å²) in [7, 11) is 1.67. The monoisotopic (exact) mass is 390 g/mol. The topological polar surface area (TPSA) is 51.7 Å². The van der Waals surface area contributed by atoms with Crippen LogP contribution in [0, 0.1) is 0 Å². The first-order chi connectivity index (χ1) is 14.2. The molecule has 0 radical (unpaired) electrons. The Morgan fingerprint density at radius 2 is 2.00 bits per heavy atom. The molecule has 0 spiro atoms. The summed E-state index contributed by atoms with van der Waals surface area (Å²) in [6.45, 7) is 3.80. The summed E-state index contributed by atoms with van der Waals surface area (Å²) in [4.78, 5) is 19.3. The summed E-state index contributed by atoms with van der Waals surface area (Å²) in [5, 5.41) is 2.26. The maximum Gasteiger partial charge on any atom is 0.254 e. The van der Waals surface area contributed by atoms with Crippen molar-refractivity contribution in [2.45, 2.75) is 25.9 Å². The molecule has 5 heteroatoms. The smallest absolute Gasteiger partial charge is 0.254 e. The van der Waals surface area contributed by atoms with E-state index in [1.807, 2.05) is 23.1 Å². The third-order valence-electron chi connectivity index (χ3n) is 5.37. The molecule has 0 aliphatic carbocycles. The largest absolute Gasteiger partial charge is 0.497 e. The van der Waals surface area contributed by atoms with Gasteiger partial charge in [-0.25, -0.2) is 0 Å². The Hall–Kier alpha value is -2.92. The van der Waals surface area contributed by atoms with Crippen molar-refractivity contribution in [3.8, 4) is 5.75 Å². The van der Waals surface area contributed by atoms with Crippen LogP contribution in [0.2, 0.25) is 0 Å². The van der Waals surface area contributed by atoms with Gasteiger partial charge in [0.15, 0.2) is 0 Å². The first-order valence-electron chi connectivity index (χ1n) is 10.1. The molecule has 2 aromatic carbocycles. The van der Waals surface area contributed by atoms with Crippen LogP contribution >= 0.6 is 0 Å². The number of carbonyl (C=O) groups is 1. The highest BCUT2D eigenvalue weighted by Crippen LogP contribution is 2.28. The summed E-state index contributed by atoms with van der Waals surface area (Å²) < 4.78 is 11.3. The molecule has 1 aliphatic heterocycles. The Morgan fingerprint density at radius 1 is 1.17 bits per heavy atom. The third kappa shape index (κ3) is 4.25. The van der Waals surface area contributed by atoms with Gasteiger partial charge in [-0.2, -0.15) is 0 Å². The predicted octanol–water partition coefficient (Wildman–Crippen LogP) is 4.41. The van der Waals surface area contributed by atoms with Gasteiger partial charge in [0.05, 0.1) is 20.3 Å². The average Bonchev–Trinajstić information content (AvgIpc) is 2.78. The molecule has 1 saturated heterocycles. The maximum atomic E-state index is 13.0. The fourth-order valence-corrected chi connectivity index (χ4v) is 3.79. The molecule has 0 unspecified atom stereocenters. The second kappa shape index (κ2) is 8.62. The number of morpholine rings is 1. The zero-order valence-corrected chi connectivity index (χ0v) is 16.9. The van der Waals surface area contributed by atoms with Crippen LogP contribution < -0.4 is 4.74 Å². The summed E-state index contributed by atoms with van der Waals surface area (Å²) in [6, 6.07) is 16.0. The van der Waals surface area contributed by atoms with E-state index in [2.05, 4.69) is 36.2 Å². The Kier molecular flexibility index (Phi) is 5.76. The predicted molar refractivity (Wildman–Crippen MR) is 113 cm³/mol. The van der Waals surface area contributed by atoms with Crippen molar-refractivity contribution >= 4 is 16.7 Å². The van der Waals surface area contributed by atoms with Gasteiger partial charge < -0.3 is 14.4 Å². The number of benzene rings is 2. The molecule has 3 aromatic rings. The quantitative estimate of drug-likeness (QED) is 0.648. The van der Waals surface area contributed by atoms with Crippen LogP contribution in [0.4, 0.5) is 0 Å². The summed E-state index contributed by atoms with van der Waals surface area (Å²) in [6.07, 6.45) is 3.50. The van der Waals surface area contributed by atoms with Crippen molar-refractivity contribution in [2.75, 3.05) is 26.8 Å². The summed E-state index contributed by atoms with van der Waals surface area (Å²) in [5.74, 6) is 0.888. The number of hydrogen-bond acceptors (Lipinski definition) is 4. The van der Waals surface area contributed by atoms with E-state index in [1.165, 1.54) is 0 Å². The van der Waals surface area contributed by atoms with Gasteiger partial charge in [0, 0.05) is 24.0 Å². The molecule has 1 fully saturated rings. The van der Waals surface area contributed by atoms with Gasteiger partial charge in [0.2, 0.25) is 0 Å². The lowest BCUT2D eigenvalue weighted by Gasteiger charge is -2.33. The van der Waals surface area contributed by atoms with Crippen LogP contribution in [0.25, 0.3) is 10.8 Å². The first-order valence-corrected chi connectivity index (χ1v) is 10.1. The minimum absolute atomic E-state index is 0.0450. The lowest BCUT2D eigenvalue weighted by Crippen LogP contribution is -2.42. The Bertz CT molecular complexity index is 1020. The first kappa shape index (κ1) is 19.4. The highest BCUT2D eigenvalue weighted by Gasteiger charge is 2.26. The number of methoxy groups -OCH3 is 1. The number of amides is 1. The van der Waals surface area contributed by atoms with E-state index < -0.39 is 0 Å². The minimum Gasteiger partial charge on any atom is -0.497 e. The van der Waals surface area contributed by atoms with Crippen LogP contribution in [-0.2, 0) is 11.2 Å². The van der Waals surface area contributed by atoms with Gasteiger partial charge in [-0.3, -0.25) is 9.78 Å². The second-order valence-electron chi connectivity index (χ2n) is 7.37.